The zero-order valence-electron chi connectivity index (χ0n) is 15.9. The Morgan fingerprint density at radius 3 is 2.97 bits per heavy atom. The number of hydrogen-bond donors (Lipinski definition) is 1. The fourth-order valence-corrected chi connectivity index (χ4v) is 4.66. The van der Waals surface area contributed by atoms with Crippen molar-refractivity contribution in [2.75, 3.05) is 19.2 Å². The largest absolute Gasteiger partial charge is 0.465 e. The molecule has 0 amide bonds. The Morgan fingerprint density at radius 1 is 1.34 bits per heavy atom. The summed E-state index contributed by atoms with van der Waals surface area (Å²) in [4.78, 5) is 24.6. The number of nitriles is 1. The number of carbonyl (C=O) groups excluding carboxylic acids is 2. The summed E-state index contributed by atoms with van der Waals surface area (Å²) in [6.45, 7) is 2.21. The first-order valence-electron chi connectivity index (χ1n) is 9.47. The monoisotopic (exact) mass is 412 g/mol. The van der Waals surface area contributed by atoms with Crippen LogP contribution in [-0.4, -0.2) is 30.9 Å². The van der Waals surface area contributed by atoms with Crippen LogP contribution in [0.1, 0.15) is 37.7 Å². The summed E-state index contributed by atoms with van der Waals surface area (Å²) in [5.41, 5.74) is 2.68. The van der Waals surface area contributed by atoms with E-state index in [1.807, 2.05) is 12.1 Å². The summed E-state index contributed by atoms with van der Waals surface area (Å²) in [6.07, 6.45) is 1.95. The summed E-state index contributed by atoms with van der Waals surface area (Å²) >= 11 is 1.23. The van der Waals surface area contributed by atoms with Crippen LogP contribution in [0.2, 0.25) is 0 Å². The second kappa shape index (κ2) is 8.21. The summed E-state index contributed by atoms with van der Waals surface area (Å²) in [5, 5.41) is 13.8. The molecule has 1 atom stereocenters. The minimum absolute atomic E-state index is 0.0450. The van der Waals surface area contributed by atoms with Crippen LogP contribution in [-0.2, 0) is 14.3 Å². The number of nitrogens with zero attached hydrogens (tertiary/aromatic N) is 1. The van der Waals surface area contributed by atoms with Gasteiger partial charge in [0.2, 0.25) is 6.79 Å². The van der Waals surface area contributed by atoms with Crippen molar-refractivity contribution in [3.63, 3.8) is 0 Å². The van der Waals surface area contributed by atoms with Crippen LogP contribution in [0.3, 0.4) is 0 Å². The Bertz CT molecular complexity index is 976. The number of rotatable bonds is 5. The number of ketones is 1. The van der Waals surface area contributed by atoms with E-state index in [2.05, 4.69) is 11.4 Å². The number of fused-ring (bicyclic) bond motifs is 1. The van der Waals surface area contributed by atoms with Gasteiger partial charge >= 0.3 is 5.97 Å². The lowest BCUT2D eigenvalue weighted by Gasteiger charge is -2.33. The van der Waals surface area contributed by atoms with Gasteiger partial charge in [0.1, 0.15) is 0 Å². The van der Waals surface area contributed by atoms with E-state index in [-0.39, 0.29) is 24.3 Å². The summed E-state index contributed by atoms with van der Waals surface area (Å²) in [5.74, 6) is 0.539. The van der Waals surface area contributed by atoms with Crippen molar-refractivity contribution in [1.29, 1.82) is 5.26 Å². The molecule has 1 aromatic carbocycles. The van der Waals surface area contributed by atoms with Crippen LogP contribution >= 0.6 is 11.8 Å². The molecular formula is C21H20N2O5S. The molecule has 4 rings (SSSR count). The number of benzene rings is 1. The first kappa shape index (κ1) is 19.4. The topological polar surface area (TPSA) is 97.7 Å². The average molecular weight is 412 g/mol. The summed E-state index contributed by atoms with van der Waals surface area (Å²) in [7, 11) is 0. The molecule has 8 heteroatoms. The molecule has 0 spiro atoms. The summed E-state index contributed by atoms with van der Waals surface area (Å²) < 4.78 is 15.9. The Morgan fingerprint density at radius 2 is 2.17 bits per heavy atom. The molecular weight excluding hydrogens is 392 g/mol. The van der Waals surface area contributed by atoms with Gasteiger partial charge in [-0.2, -0.15) is 5.26 Å². The third-order valence-corrected chi connectivity index (χ3v) is 6.02. The zero-order valence-corrected chi connectivity index (χ0v) is 16.8. The van der Waals surface area contributed by atoms with Crippen molar-refractivity contribution in [2.24, 2.45) is 0 Å². The molecule has 1 N–H and O–H groups in total. The number of Topliss-reactive ketones (excluding diaryl/α,β-unsaturated/α-hetero) is 1. The van der Waals surface area contributed by atoms with Crippen LogP contribution in [0.4, 0.5) is 0 Å². The van der Waals surface area contributed by atoms with Gasteiger partial charge in [-0.3, -0.25) is 9.59 Å². The number of esters is 1. The first-order chi connectivity index (χ1) is 14.1. The molecule has 150 valence electrons. The second-order valence-corrected chi connectivity index (χ2v) is 7.77. The Balaban J connectivity index is 1.75. The first-order valence-corrected chi connectivity index (χ1v) is 10.5. The molecule has 0 saturated heterocycles. The van der Waals surface area contributed by atoms with Gasteiger partial charge < -0.3 is 19.5 Å². The van der Waals surface area contributed by atoms with Crippen molar-refractivity contribution in [1.82, 2.24) is 5.32 Å². The third-order valence-electron chi connectivity index (χ3n) is 5.03. The molecule has 1 aliphatic carbocycles. The lowest BCUT2D eigenvalue weighted by atomic mass is 9.77. The van der Waals surface area contributed by atoms with E-state index in [0.717, 1.165) is 24.1 Å². The number of nitrogens with one attached hydrogen (secondary N) is 1. The van der Waals surface area contributed by atoms with Gasteiger partial charge in [-0.1, -0.05) is 17.8 Å². The highest BCUT2D eigenvalue weighted by Crippen LogP contribution is 2.46. The fraction of sp³-hybridized carbons (Fsp3) is 0.381. The SMILES string of the molecule is CCOC(=O)CSC1=C(C#N)[C@@H](c2ccc3c(c2)OCO3)C2=C(CCCC2=O)N1. The molecule has 2 heterocycles. The molecule has 29 heavy (non-hydrogen) atoms. The molecule has 0 radical (unpaired) electrons. The molecule has 0 bridgehead atoms. The third kappa shape index (κ3) is 3.70. The Kier molecular flexibility index (Phi) is 5.49. The predicted octanol–water partition coefficient (Wildman–Crippen LogP) is 3.14. The van der Waals surface area contributed by atoms with Crippen LogP contribution in [0.5, 0.6) is 11.5 Å². The smallest absolute Gasteiger partial charge is 0.316 e. The van der Waals surface area contributed by atoms with Crippen molar-refractivity contribution in [2.45, 2.75) is 32.1 Å². The molecule has 2 aliphatic heterocycles. The second-order valence-electron chi connectivity index (χ2n) is 6.79. The predicted molar refractivity (Wildman–Crippen MR) is 106 cm³/mol. The number of thioether (sulfide) groups is 1. The van der Waals surface area contributed by atoms with Gasteiger partial charge in [0, 0.05) is 17.7 Å². The molecule has 0 unspecified atom stereocenters. The minimum Gasteiger partial charge on any atom is -0.465 e. The quantitative estimate of drug-likeness (QED) is 0.737. The van der Waals surface area contributed by atoms with Gasteiger partial charge in [-0.25, -0.2) is 0 Å². The van der Waals surface area contributed by atoms with E-state index in [4.69, 9.17) is 14.2 Å². The highest BCUT2D eigenvalue weighted by atomic mass is 32.2. The molecule has 0 saturated carbocycles. The molecule has 0 fully saturated rings. The molecule has 0 aromatic heterocycles. The van der Waals surface area contributed by atoms with Gasteiger partial charge in [-0.05, 0) is 37.5 Å². The van der Waals surface area contributed by atoms with E-state index in [9.17, 15) is 14.9 Å². The molecule has 3 aliphatic rings. The van der Waals surface area contributed by atoms with Crippen LogP contribution < -0.4 is 14.8 Å². The van der Waals surface area contributed by atoms with Crippen LogP contribution in [0, 0.1) is 11.3 Å². The van der Waals surface area contributed by atoms with Crippen molar-refractivity contribution in [3.05, 3.63) is 45.6 Å². The number of carbonyl (C=O) groups is 2. The number of allylic oxidation sites excluding steroid dienone is 3. The van der Waals surface area contributed by atoms with Gasteiger partial charge in [0.05, 0.1) is 34.9 Å². The van der Waals surface area contributed by atoms with Gasteiger partial charge in [0.15, 0.2) is 17.3 Å². The maximum absolute atomic E-state index is 12.8. The fourth-order valence-electron chi connectivity index (χ4n) is 3.80. The highest BCUT2D eigenvalue weighted by molar-refractivity contribution is 8.03. The van der Waals surface area contributed by atoms with E-state index in [0.29, 0.717) is 40.7 Å². The highest BCUT2D eigenvalue weighted by Gasteiger charge is 2.37. The summed E-state index contributed by atoms with van der Waals surface area (Å²) in [6, 6.07) is 7.76. The Labute approximate surface area is 172 Å². The van der Waals surface area contributed by atoms with Gasteiger partial charge in [0.25, 0.3) is 0 Å². The van der Waals surface area contributed by atoms with E-state index in [1.165, 1.54) is 11.8 Å². The lowest BCUT2D eigenvalue weighted by Crippen LogP contribution is -2.31. The average Bonchev–Trinajstić information content (AvgIpc) is 3.19. The minimum atomic E-state index is -0.497. The van der Waals surface area contributed by atoms with E-state index < -0.39 is 5.92 Å². The molecule has 7 nitrogen and oxygen atoms in total. The van der Waals surface area contributed by atoms with Crippen molar-refractivity contribution < 1.29 is 23.8 Å². The number of hydrogen-bond acceptors (Lipinski definition) is 8. The van der Waals surface area contributed by atoms with Crippen LogP contribution in [0.25, 0.3) is 0 Å². The van der Waals surface area contributed by atoms with E-state index >= 15 is 0 Å². The normalized spacial score (nSPS) is 20.1. The number of ether oxygens (including phenoxy) is 3. The molecule has 1 aromatic rings. The van der Waals surface area contributed by atoms with Gasteiger partial charge in [-0.15, -0.1) is 0 Å². The van der Waals surface area contributed by atoms with Crippen molar-refractivity contribution in [3.8, 4) is 17.6 Å². The van der Waals surface area contributed by atoms with Crippen molar-refractivity contribution >= 4 is 23.5 Å². The maximum atomic E-state index is 12.8. The van der Waals surface area contributed by atoms with E-state index in [1.54, 1.807) is 13.0 Å². The zero-order chi connectivity index (χ0) is 20.4. The maximum Gasteiger partial charge on any atom is 0.316 e. The number of dihydropyridines is 1. The lowest BCUT2D eigenvalue weighted by molar-refractivity contribution is -0.139. The standard InChI is InChI=1S/C21H20N2O5S/c1-2-26-18(25)10-29-21-13(9-22)19(20-14(23-21)4-3-5-15(20)24)12-6-7-16-17(8-12)28-11-27-16/h6-8,19,23H,2-5,10-11H2,1H3/t19-/m1/s1. The van der Waals surface area contributed by atoms with Crippen LogP contribution in [0.15, 0.2) is 40.1 Å². The Hall–Kier alpha value is -2.92.